The summed E-state index contributed by atoms with van der Waals surface area (Å²) in [5, 5.41) is 3.25. The van der Waals surface area contributed by atoms with Gasteiger partial charge in [0, 0.05) is 25.9 Å². The highest BCUT2D eigenvalue weighted by molar-refractivity contribution is 6.22. The Labute approximate surface area is 144 Å². The molecule has 3 aliphatic rings. The van der Waals surface area contributed by atoms with Crippen LogP contribution < -0.4 is 5.32 Å². The van der Waals surface area contributed by atoms with Crippen LogP contribution in [-0.4, -0.2) is 53.7 Å². The molecule has 1 fully saturated rings. The molecule has 0 saturated carbocycles. The summed E-state index contributed by atoms with van der Waals surface area (Å²) in [5.74, 6) is 1.04. The molecule has 5 nitrogen and oxygen atoms in total. The normalized spacial score (nSPS) is 26.9. The van der Waals surface area contributed by atoms with Crippen molar-refractivity contribution >= 4 is 17.4 Å². The number of ether oxygens (including phenoxy) is 1. The number of aliphatic imine (C=N–C) groups is 1. The standard InChI is InChI=1S/C17H29ClN4O/c1-2-3-4-10-22-13-21(9-5-7-14-8-6-11-23-14)12-15-16(22)20-17(18)19-15/h12,14,17,19H,2-11,13H2,1H3. The first-order chi connectivity index (χ1) is 11.3. The van der Waals surface area contributed by atoms with Gasteiger partial charge in [-0.25, -0.2) is 4.99 Å². The summed E-state index contributed by atoms with van der Waals surface area (Å²) < 4.78 is 5.72. The summed E-state index contributed by atoms with van der Waals surface area (Å²) in [6, 6.07) is 0. The molecular weight excluding hydrogens is 312 g/mol. The largest absolute Gasteiger partial charge is 0.378 e. The van der Waals surface area contributed by atoms with Gasteiger partial charge in [0.2, 0.25) is 0 Å². The molecular formula is C17H29ClN4O. The van der Waals surface area contributed by atoms with Gasteiger partial charge in [0.1, 0.15) is 0 Å². The van der Waals surface area contributed by atoms with Crippen LogP contribution in [0.15, 0.2) is 16.9 Å². The van der Waals surface area contributed by atoms with Crippen LogP contribution >= 0.6 is 11.6 Å². The van der Waals surface area contributed by atoms with Gasteiger partial charge in [-0.15, -0.1) is 0 Å². The van der Waals surface area contributed by atoms with Gasteiger partial charge in [-0.2, -0.15) is 0 Å². The maximum Gasteiger partial charge on any atom is 0.197 e. The number of halogens is 1. The van der Waals surface area contributed by atoms with Gasteiger partial charge in [-0.1, -0.05) is 31.4 Å². The maximum atomic E-state index is 6.15. The molecule has 0 aromatic carbocycles. The molecule has 6 heteroatoms. The molecule has 0 spiro atoms. The highest BCUT2D eigenvalue weighted by Crippen LogP contribution is 2.22. The number of amidine groups is 1. The number of hydrogen-bond acceptors (Lipinski definition) is 5. The lowest BCUT2D eigenvalue weighted by Gasteiger charge is -2.36. The molecule has 130 valence electrons. The summed E-state index contributed by atoms with van der Waals surface area (Å²) in [7, 11) is 0. The van der Waals surface area contributed by atoms with Crippen molar-refractivity contribution in [3.63, 3.8) is 0 Å². The second-order valence-corrected chi connectivity index (χ2v) is 7.09. The first-order valence-electron chi connectivity index (χ1n) is 9.07. The van der Waals surface area contributed by atoms with E-state index in [0.29, 0.717) is 6.10 Å². The number of fused-ring (bicyclic) bond motifs is 1. The van der Waals surface area contributed by atoms with Crippen LogP contribution in [0.3, 0.4) is 0 Å². The van der Waals surface area contributed by atoms with Gasteiger partial charge in [-0.3, -0.25) is 0 Å². The molecule has 0 bridgehead atoms. The van der Waals surface area contributed by atoms with E-state index in [1.807, 2.05) is 0 Å². The number of nitrogens with one attached hydrogen (secondary N) is 1. The van der Waals surface area contributed by atoms with E-state index in [4.69, 9.17) is 16.3 Å². The molecule has 2 unspecified atom stereocenters. The number of hydrogen-bond donors (Lipinski definition) is 1. The van der Waals surface area contributed by atoms with E-state index in [9.17, 15) is 0 Å². The van der Waals surface area contributed by atoms with E-state index in [1.165, 1.54) is 44.9 Å². The average Bonchev–Trinajstić information content (AvgIpc) is 3.16. The lowest BCUT2D eigenvalue weighted by atomic mass is 10.1. The summed E-state index contributed by atoms with van der Waals surface area (Å²) in [6.45, 7) is 6.23. The van der Waals surface area contributed by atoms with E-state index < -0.39 is 0 Å². The molecule has 0 aromatic rings. The van der Waals surface area contributed by atoms with E-state index >= 15 is 0 Å². The molecule has 0 aliphatic carbocycles. The van der Waals surface area contributed by atoms with Crippen LogP contribution in [0.5, 0.6) is 0 Å². The fourth-order valence-corrected chi connectivity index (χ4v) is 3.73. The zero-order chi connectivity index (χ0) is 16.1. The second kappa shape index (κ2) is 8.25. The predicted octanol–water partition coefficient (Wildman–Crippen LogP) is 3.08. The summed E-state index contributed by atoms with van der Waals surface area (Å²) in [5.41, 5.74) is 0.752. The lowest BCUT2D eigenvalue weighted by Crippen LogP contribution is -2.46. The van der Waals surface area contributed by atoms with Crippen LogP contribution in [0.1, 0.15) is 51.9 Å². The van der Waals surface area contributed by atoms with E-state index in [0.717, 1.165) is 37.9 Å². The highest BCUT2D eigenvalue weighted by Gasteiger charge is 2.29. The molecule has 3 heterocycles. The first kappa shape index (κ1) is 16.9. The van der Waals surface area contributed by atoms with Crippen LogP contribution in [0.25, 0.3) is 0 Å². The Hall–Kier alpha value is -0.940. The SMILES string of the molecule is CCCCCN1CN(CCCC2CCCO2)C=C2NC(Cl)N=C21. The zero-order valence-corrected chi connectivity index (χ0v) is 14.9. The van der Waals surface area contributed by atoms with Crippen molar-refractivity contribution in [3.8, 4) is 0 Å². The van der Waals surface area contributed by atoms with Crippen molar-refractivity contribution in [1.82, 2.24) is 15.1 Å². The Morgan fingerprint density at radius 1 is 1.35 bits per heavy atom. The Morgan fingerprint density at radius 3 is 3.04 bits per heavy atom. The van der Waals surface area contributed by atoms with Crippen molar-refractivity contribution in [2.45, 2.75) is 63.6 Å². The number of nitrogens with zero attached hydrogens (tertiary/aromatic N) is 3. The first-order valence-corrected chi connectivity index (χ1v) is 9.51. The number of alkyl halides is 1. The van der Waals surface area contributed by atoms with Crippen molar-refractivity contribution in [2.75, 3.05) is 26.4 Å². The van der Waals surface area contributed by atoms with Crippen LogP contribution in [0.4, 0.5) is 0 Å². The molecule has 1 N–H and O–H groups in total. The van der Waals surface area contributed by atoms with E-state index in [2.05, 4.69) is 33.2 Å². The van der Waals surface area contributed by atoms with Gasteiger partial charge in [-0.05, 0) is 32.1 Å². The van der Waals surface area contributed by atoms with Crippen LogP contribution in [0, 0.1) is 0 Å². The van der Waals surface area contributed by atoms with Gasteiger partial charge in [0.15, 0.2) is 11.5 Å². The second-order valence-electron chi connectivity index (χ2n) is 6.68. The zero-order valence-electron chi connectivity index (χ0n) is 14.1. The third-order valence-electron chi connectivity index (χ3n) is 4.74. The minimum absolute atomic E-state index is 0.322. The third-order valence-corrected chi connectivity index (χ3v) is 4.95. The number of rotatable bonds is 8. The molecule has 3 rings (SSSR count). The Morgan fingerprint density at radius 2 is 2.26 bits per heavy atom. The molecule has 2 atom stereocenters. The van der Waals surface area contributed by atoms with Crippen molar-refractivity contribution in [2.24, 2.45) is 4.99 Å². The highest BCUT2D eigenvalue weighted by atomic mass is 35.5. The molecule has 0 radical (unpaired) electrons. The summed E-state index contributed by atoms with van der Waals surface area (Å²) in [4.78, 5) is 9.28. The molecule has 23 heavy (non-hydrogen) atoms. The molecule has 0 aromatic heterocycles. The lowest BCUT2D eigenvalue weighted by molar-refractivity contribution is 0.0988. The average molecular weight is 341 g/mol. The van der Waals surface area contributed by atoms with Crippen molar-refractivity contribution in [1.29, 1.82) is 0 Å². The topological polar surface area (TPSA) is 40.1 Å². The van der Waals surface area contributed by atoms with Gasteiger partial charge in [0.05, 0.1) is 18.5 Å². The minimum atomic E-state index is -0.322. The Bertz CT molecular complexity index is 448. The minimum Gasteiger partial charge on any atom is -0.378 e. The quantitative estimate of drug-likeness (QED) is 0.419. The van der Waals surface area contributed by atoms with E-state index in [-0.39, 0.29) is 5.62 Å². The molecule has 0 amide bonds. The van der Waals surface area contributed by atoms with Crippen LogP contribution in [-0.2, 0) is 4.74 Å². The number of unbranched alkanes of at least 4 members (excludes halogenated alkanes) is 2. The third kappa shape index (κ3) is 4.54. The molecule has 3 aliphatic heterocycles. The van der Waals surface area contributed by atoms with Gasteiger partial charge in [0.25, 0.3) is 0 Å². The Balaban J connectivity index is 1.53. The Kier molecular flexibility index (Phi) is 6.06. The summed E-state index contributed by atoms with van der Waals surface area (Å²) >= 11 is 6.15. The fourth-order valence-electron chi connectivity index (χ4n) is 3.52. The van der Waals surface area contributed by atoms with Gasteiger partial charge < -0.3 is 19.9 Å². The van der Waals surface area contributed by atoms with E-state index in [1.54, 1.807) is 0 Å². The van der Waals surface area contributed by atoms with Gasteiger partial charge >= 0.3 is 0 Å². The monoisotopic (exact) mass is 340 g/mol. The van der Waals surface area contributed by atoms with Crippen molar-refractivity contribution < 1.29 is 4.74 Å². The predicted molar refractivity (Wildman–Crippen MR) is 94.3 cm³/mol. The molecule has 1 saturated heterocycles. The summed E-state index contributed by atoms with van der Waals surface area (Å²) in [6.07, 6.45) is 11.2. The van der Waals surface area contributed by atoms with Crippen LogP contribution in [0.2, 0.25) is 0 Å². The fraction of sp³-hybridized carbons (Fsp3) is 0.824. The maximum absolute atomic E-state index is 6.15. The smallest absolute Gasteiger partial charge is 0.197 e. The van der Waals surface area contributed by atoms with Crippen molar-refractivity contribution in [3.05, 3.63) is 11.9 Å².